The number of ether oxygens (including phenoxy) is 3. The van der Waals surface area contributed by atoms with Gasteiger partial charge in [0, 0.05) is 6.07 Å². The molecule has 0 aliphatic carbocycles. The van der Waals surface area contributed by atoms with E-state index in [4.69, 9.17) is 19.5 Å². The summed E-state index contributed by atoms with van der Waals surface area (Å²) in [6, 6.07) is 13.4. The number of nitriles is 1. The molecule has 0 bridgehead atoms. The van der Waals surface area contributed by atoms with Gasteiger partial charge in [0.05, 0.1) is 30.0 Å². The van der Waals surface area contributed by atoms with Gasteiger partial charge >= 0.3 is 12.1 Å². The number of carbonyl (C=O) groups is 2. The van der Waals surface area contributed by atoms with Gasteiger partial charge in [-0.05, 0) is 24.3 Å². The molecule has 2 aliphatic heterocycles. The predicted octanol–water partition coefficient (Wildman–Crippen LogP) is 2.43. The van der Waals surface area contributed by atoms with E-state index in [2.05, 4.69) is 10.6 Å². The number of cyclic esters (lactones) is 1. The number of amides is 3. The van der Waals surface area contributed by atoms with Crippen LogP contribution in [0, 0.1) is 11.3 Å². The Balaban J connectivity index is 1.33. The first-order valence-corrected chi connectivity index (χ1v) is 8.56. The number of hydrogen-bond donors (Lipinski definition) is 2. The minimum atomic E-state index is -0.505. The van der Waals surface area contributed by atoms with Crippen molar-refractivity contribution in [1.82, 2.24) is 5.32 Å². The Morgan fingerprint density at radius 1 is 1.21 bits per heavy atom. The molecule has 3 amide bonds. The number of para-hydroxylation sites is 1. The van der Waals surface area contributed by atoms with E-state index in [-0.39, 0.29) is 19.9 Å². The third kappa shape index (κ3) is 3.48. The van der Waals surface area contributed by atoms with Crippen molar-refractivity contribution < 1.29 is 23.8 Å². The second kappa shape index (κ2) is 7.36. The van der Waals surface area contributed by atoms with Crippen LogP contribution >= 0.6 is 0 Å². The number of carbonyl (C=O) groups excluding carboxylic acids is 2. The number of nitrogens with zero attached hydrogens (tertiary/aromatic N) is 2. The Morgan fingerprint density at radius 3 is 2.89 bits per heavy atom. The molecule has 28 heavy (non-hydrogen) atoms. The summed E-state index contributed by atoms with van der Waals surface area (Å²) in [4.78, 5) is 25.7. The first-order valence-electron chi connectivity index (χ1n) is 8.56. The highest BCUT2D eigenvalue weighted by molar-refractivity contribution is 5.92. The number of fused-ring (bicyclic) bond motifs is 1. The lowest BCUT2D eigenvalue weighted by molar-refractivity contribution is 0.141. The molecular weight excluding hydrogens is 364 g/mol. The second-order valence-corrected chi connectivity index (χ2v) is 6.15. The third-order valence-electron chi connectivity index (χ3n) is 4.33. The molecule has 2 heterocycles. The van der Waals surface area contributed by atoms with Crippen LogP contribution < -0.4 is 25.0 Å². The van der Waals surface area contributed by atoms with E-state index in [1.807, 2.05) is 6.07 Å². The Morgan fingerprint density at radius 2 is 2.04 bits per heavy atom. The predicted molar refractivity (Wildman–Crippen MR) is 98.4 cm³/mol. The van der Waals surface area contributed by atoms with Crippen LogP contribution in [0.5, 0.6) is 11.5 Å². The van der Waals surface area contributed by atoms with Gasteiger partial charge in [-0.15, -0.1) is 0 Å². The van der Waals surface area contributed by atoms with Crippen molar-refractivity contribution in [3.63, 3.8) is 0 Å². The summed E-state index contributed by atoms with van der Waals surface area (Å²) in [5.74, 6) is 1.20. The Hall–Kier alpha value is -3.93. The van der Waals surface area contributed by atoms with Gasteiger partial charge in [-0.2, -0.15) is 5.26 Å². The smallest absolute Gasteiger partial charge is 0.414 e. The zero-order valence-corrected chi connectivity index (χ0v) is 14.7. The van der Waals surface area contributed by atoms with Crippen molar-refractivity contribution in [2.24, 2.45) is 0 Å². The second-order valence-electron chi connectivity index (χ2n) is 6.15. The molecule has 4 rings (SSSR count). The number of hydrogen-bond acceptors (Lipinski definition) is 6. The van der Waals surface area contributed by atoms with Crippen molar-refractivity contribution in [2.45, 2.75) is 6.10 Å². The zero-order chi connectivity index (χ0) is 19.5. The van der Waals surface area contributed by atoms with Crippen LogP contribution in [-0.4, -0.2) is 38.1 Å². The monoisotopic (exact) mass is 380 g/mol. The van der Waals surface area contributed by atoms with Crippen LogP contribution in [0.2, 0.25) is 0 Å². The molecule has 2 N–H and O–H groups in total. The molecule has 1 saturated heterocycles. The number of anilines is 2. The van der Waals surface area contributed by atoms with E-state index in [1.54, 1.807) is 42.5 Å². The van der Waals surface area contributed by atoms with Gasteiger partial charge in [0.25, 0.3) is 0 Å². The largest absolute Gasteiger partial charge is 0.454 e. The van der Waals surface area contributed by atoms with Gasteiger partial charge in [0.15, 0.2) is 11.5 Å². The average Bonchev–Trinajstić information content (AvgIpc) is 3.32. The highest BCUT2D eigenvalue weighted by Gasteiger charge is 2.33. The fourth-order valence-corrected chi connectivity index (χ4v) is 2.95. The lowest BCUT2D eigenvalue weighted by Gasteiger charge is -2.14. The maximum Gasteiger partial charge on any atom is 0.414 e. The molecular formula is C19H16N4O5. The van der Waals surface area contributed by atoms with Gasteiger partial charge in [-0.1, -0.05) is 12.1 Å². The summed E-state index contributed by atoms with van der Waals surface area (Å²) >= 11 is 0. The lowest BCUT2D eigenvalue weighted by atomic mass is 10.2. The minimum absolute atomic E-state index is 0.132. The summed E-state index contributed by atoms with van der Waals surface area (Å²) in [6.45, 7) is 0.570. The molecule has 2 aromatic rings. The van der Waals surface area contributed by atoms with Gasteiger partial charge in [-0.25, -0.2) is 9.59 Å². The molecule has 0 saturated carbocycles. The average molecular weight is 380 g/mol. The van der Waals surface area contributed by atoms with E-state index < -0.39 is 18.2 Å². The van der Waals surface area contributed by atoms with Crippen LogP contribution in [0.15, 0.2) is 42.5 Å². The maximum atomic E-state index is 12.2. The molecule has 0 aromatic heterocycles. The molecule has 142 valence electrons. The first-order chi connectivity index (χ1) is 13.6. The Labute approximate surface area is 160 Å². The number of nitrogens with one attached hydrogen (secondary N) is 2. The van der Waals surface area contributed by atoms with Crippen LogP contribution in [0.3, 0.4) is 0 Å². The van der Waals surface area contributed by atoms with E-state index in [0.29, 0.717) is 28.4 Å². The van der Waals surface area contributed by atoms with E-state index >= 15 is 0 Å². The van der Waals surface area contributed by atoms with E-state index in [9.17, 15) is 9.59 Å². The highest BCUT2D eigenvalue weighted by Crippen LogP contribution is 2.36. The van der Waals surface area contributed by atoms with Gasteiger partial charge in [-0.3, -0.25) is 4.90 Å². The molecule has 0 radical (unpaired) electrons. The Bertz CT molecular complexity index is 971. The quantitative estimate of drug-likeness (QED) is 0.842. The summed E-state index contributed by atoms with van der Waals surface area (Å²) < 4.78 is 15.9. The summed E-state index contributed by atoms with van der Waals surface area (Å²) in [6.07, 6.45) is -1.00. The summed E-state index contributed by atoms with van der Waals surface area (Å²) in [5, 5.41) is 14.3. The minimum Gasteiger partial charge on any atom is -0.454 e. The van der Waals surface area contributed by atoms with Crippen molar-refractivity contribution in [3.8, 4) is 17.6 Å². The summed E-state index contributed by atoms with van der Waals surface area (Å²) in [5.41, 5.74) is 1.40. The van der Waals surface area contributed by atoms with Crippen LogP contribution in [0.25, 0.3) is 0 Å². The topological polar surface area (TPSA) is 113 Å². The third-order valence-corrected chi connectivity index (χ3v) is 4.33. The number of benzene rings is 2. The normalized spacial score (nSPS) is 17.0. The van der Waals surface area contributed by atoms with Crippen LogP contribution in [0.1, 0.15) is 5.56 Å². The maximum absolute atomic E-state index is 12.2. The molecule has 9 nitrogen and oxygen atoms in total. The van der Waals surface area contributed by atoms with Gasteiger partial charge < -0.3 is 24.8 Å². The molecule has 1 atom stereocenters. The van der Waals surface area contributed by atoms with Gasteiger partial charge in [0.1, 0.15) is 12.2 Å². The van der Waals surface area contributed by atoms with Crippen molar-refractivity contribution in [3.05, 3.63) is 48.0 Å². The van der Waals surface area contributed by atoms with Gasteiger partial charge in [0.2, 0.25) is 6.79 Å². The van der Waals surface area contributed by atoms with E-state index in [1.165, 1.54) is 4.90 Å². The fourth-order valence-electron chi connectivity index (χ4n) is 2.95. The van der Waals surface area contributed by atoms with Crippen molar-refractivity contribution >= 4 is 23.5 Å². The molecule has 1 fully saturated rings. The van der Waals surface area contributed by atoms with Crippen LogP contribution in [-0.2, 0) is 4.74 Å². The van der Waals surface area contributed by atoms with Crippen molar-refractivity contribution in [1.29, 1.82) is 5.26 Å². The molecule has 2 aromatic carbocycles. The van der Waals surface area contributed by atoms with Crippen LogP contribution in [0.4, 0.5) is 21.0 Å². The standard InChI is InChI=1S/C19H16N4O5/c20-8-12-3-1-2-4-15(12)22-18(24)21-9-14-10-23(19(25)28-14)13-5-6-16-17(7-13)27-11-26-16/h1-7,14H,9-11H2,(H2,21,22,24). The zero-order valence-electron chi connectivity index (χ0n) is 14.7. The number of rotatable bonds is 4. The SMILES string of the molecule is N#Cc1ccccc1NC(=O)NCC1CN(c2ccc3c(c2)OCO3)C(=O)O1. The fraction of sp³-hybridized carbons (Fsp3) is 0.211. The Kier molecular flexibility index (Phi) is 4.60. The van der Waals surface area contributed by atoms with Crippen molar-refractivity contribution in [2.75, 3.05) is 30.1 Å². The summed E-state index contributed by atoms with van der Waals surface area (Å²) in [7, 11) is 0. The molecule has 0 spiro atoms. The molecule has 1 unspecified atom stereocenters. The molecule has 2 aliphatic rings. The highest BCUT2D eigenvalue weighted by atomic mass is 16.7. The lowest BCUT2D eigenvalue weighted by Crippen LogP contribution is -2.37. The first kappa shape index (κ1) is 17.5. The number of urea groups is 1. The molecule has 9 heteroatoms. The van der Waals surface area contributed by atoms with E-state index in [0.717, 1.165) is 0 Å².